The highest BCUT2D eigenvalue weighted by Gasteiger charge is 2.31. The molecule has 6 nitrogen and oxygen atoms in total. The molecule has 0 aliphatic carbocycles. The molecule has 2 aromatic rings. The summed E-state index contributed by atoms with van der Waals surface area (Å²) in [7, 11) is 1.85. The molecule has 1 amide bonds. The van der Waals surface area contributed by atoms with E-state index in [9.17, 15) is 4.79 Å². The van der Waals surface area contributed by atoms with Crippen molar-refractivity contribution < 1.29 is 9.63 Å². The molecular weight excluding hydrogens is 312 g/mol. The number of rotatable bonds is 5. The van der Waals surface area contributed by atoms with Crippen molar-refractivity contribution >= 4 is 23.0 Å². The van der Waals surface area contributed by atoms with E-state index in [1.807, 2.05) is 30.8 Å². The molecule has 3 heterocycles. The van der Waals surface area contributed by atoms with Gasteiger partial charge < -0.3 is 10.2 Å². The number of carbonyl (C=O) groups excluding carboxylic acids is 1. The highest BCUT2D eigenvalue weighted by atomic mass is 32.1. The molecule has 0 fully saturated rings. The molecule has 0 unspecified atom stereocenters. The van der Waals surface area contributed by atoms with Crippen LogP contribution in [-0.2, 0) is 16.7 Å². The molecule has 122 valence electrons. The third-order valence-corrected chi connectivity index (χ3v) is 4.77. The Morgan fingerprint density at radius 3 is 2.96 bits per heavy atom. The number of carbonyl (C=O) groups is 1. The van der Waals surface area contributed by atoms with Crippen molar-refractivity contribution in [3.63, 3.8) is 0 Å². The van der Waals surface area contributed by atoms with Crippen LogP contribution in [0.15, 0.2) is 35.1 Å². The minimum Gasteiger partial charge on any atom is -0.382 e. The Bertz CT molecular complexity index is 705. The number of hydrogen-bond donors (Lipinski definition) is 1. The van der Waals surface area contributed by atoms with Gasteiger partial charge in [-0.3, -0.25) is 9.48 Å². The van der Waals surface area contributed by atoms with Crippen LogP contribution in [0.4, 0.5) is 0 Å². The van der Waals surface area contributed by atoms with Gasteiger partial charge in [-0.15, -0.1) is 11.3 Å². The Kier molecular flexibility index (Phi) is 4.47. The van der Waals surface area contributed by atoms with Crippen LogP contribution in [0.2, 0.25) is 0 Å². The van der Waals surface area contributed by atoms with Crippen molar-refractivity contribution in [2.24, 2.45) is 18.1 Å². The van der Waals surface area contributed by atoms with Crippen molar-refractivity contribution in [2.75, 3.05) is 0 Å². The van der Waals surface area contributed by atoms with Crippen LogP contribution in [0.25, 0.3) is 0 Å². The maximum absolute atomic E-state index is 12.5. The summed E-state index contributed by atoms with van der Waals surface area (Å²) < 4.78 is 1.71. The van der Waals surface area contributed by atoms with Crippen molar-refractivity contribution in [1.29, 1.82) is 0 Å². The zero-order valence-corrected chi connectivity index (χ0v) is 14.2. The fourth-order valence-electron chi connectivity index (χ4n) is 2.54. The number of hydrogen-bond acceptors (Lipinski definition) is 5. The average molecular weight is 332 g/mol. The summed E-state index contributed by atoms with van der Waals surface area (Å²) >= 11 is 1.65. The first-order valence-electron chi connectivity index (χ1n) is 7.60. The van der Waals surface area contributed by atoms with Gasteiger partial charge in [-0.25, -0.2) is 0 Å². The van der Waals surface area contributed by atoms with Crippen LogP contribution in [0.5, 0.6) is 0 Å². The molecule has 0 radical (unpaired) electrons. The van der Waals surface area contributed by atoms with Gasteiger partial charge in [0.1, 0.15) is 0 Å². The van der Waals surface area contributed by atoms with Crippen LogP contribution < -0.4 is 5.32 Å². The largest absolute Gasteiger partial charge is 0.382 e. The fourth-order valence-corrected chi connectivity index (χ4v) is 3.49. The third-order valence-electron chi connectivity index (χ3n) is 3.81. The predicted molar refractivity (Wildman–Crippen MR) is 89.3 cm³/mol. The van der Waals surface area contributed by atoms with E-state index < -0.39 is 6.10 Å². The summed E-state index contributed by atoms with van der Waals surface area (Å²) in [5.41, 5.74) is 1.65. The molecule has 2 atom stereocenters. The Morgan fingerprint density at radius 2 is 2.35 bits per heavy atom. The minimum absolute atomic E-state index is 0.00598. The van der Waals surface area contributed by atoms with Crippen LogP contribution in [-0.4, -0.2) is 27.5 Å². The number of nitrogens with zero attached hydrogens (tertiary/aromatic N) is 3. The molecule has 1 N–H and O–H groups in total. The lowest BCUT2D eigenvalue weighted by Crippen LogP contribution is -2.38. The molecule has 0 spiro atoms. The third kappa shape index (κ3) is 3.44. The first kappa shape index (κ1) is 15.7. The maximum atomic E-state index is 12.5. The summed E-state index contributed by atoms with van der Waals surface area (Å²) in [5, 5.41) is 13.3. The lowest BCUT2D eigenvalue weighted by molar-refractivity contribution is -0.132. The normalized spacial score (nSPS) is 18.6. The maximum Gasteiger partial charge on any atom is 0.264 e. The summed E-state index contributed by atoms with van der Waals surface area (Å²) in [5.74, 6) is 0.178. The smallest absolute Gasteiger partial charge is 0.264 e. The van der Waals surface area contributed by atoms with Crippen molar-refractivity contribution in [2.45, 2.75) is 32.4 Å². The molecular formula is C16H20N4O2S. The monoisotopic (exact) mass is 332 g/mol. The molecule has 1 aliphatic rings. The van der Waals surface area contributed by atoms with Gasteiger partial charge in [0.05, 0.1) is 18.0 Å². The highest BCUT2D eigenvalue weighted by Crippen LogP contribution is 2.26. The quantitative estimate of drug-likeness (QED) is 0.914. The van der Waals surface area contributed by atoms with E-state index in [-0.39, 0.29) is 11.9 Å². The van der Waals surface area contributed by atoms with Crippen molar-refractivity contribution in [1.82, 2.24) is 15.1 Å². The van der Waals surface area contributed by atoms with E-state index in [1.165, 1.54) is 0 Å². The van der Waals surface area contributed by atoms with Gasteiger partial charge in [-0.2, -0.15) is 5.10 Å². The SMILES string of the molecule is CC(C)[C@@H](NC(=O)[C@H]1CC(c2cnn(C)c2)=NO1)c1cccs1. The Labute approximate surface area is 139 Å². The second-order valence-corrected chi connectivity index (χ2v) is 6.96. The number of aromatic nitrogens is 2. The van der Waals surface area contributed by atoms with Gasteiger partial charge in [-0.1, -0.05) is 25.1 Å². The number of thiophene rings is 1. The Balaban J connectivity index is 1.63. The lowest BCUT2D eigenvalue weighted by Gasteiger charge is -2.22. The van der Waals surface area contributed by atoms with Crippen LogP contribution >= 0.6 is 11.3 Å². The number of nitrogens with one attached hydrogen (secondary N) is 1. The van der Waals surface area contributed by atoms with Crippen molar-refractivity contribution in [3.8, 4) is 0 Å². The highest BCUT2D eigenvalue weighted by molar-refractivity contribution is 7.10. The van der Waals surface area contributed by atoms with Gasteiger partial charge in [-0.05, 0) is 17.4 Å². The van der Waals surface area contributed by atoms with Crippen molar-refractivity contribution in [3.05, 3.63) is 40.3 Å². The van der Waals surface area contributed by atoms with Gasteiger partial charge in [0.15, 0.2) is 0 Å². The first-order valence-corrected chi connectivity index (χ1v) is 8.48. The van der Waals surface area contributed by atoms with Gasteiger partial charge >= 0.3 is 0 Å². The second kappa shape index (κ2) is 6.54. The molecule has 0 saturated heterocycles. The van der Waals surface area contributed by atoms with Crippen LogP contribution in [0.1, 0.15) is 36.8 Å². The molecule has 3 rings (SSSR count). The number of amides is 1. The zero-order valence-electron chi connectivity index (χ0n) is 13.4. The van der Waals surface area contributed by atoms with E-state index in [0.29, 0.717) is 12.3 Å². The van der Waals surface area contributed by atoms with Crippen LogP contribution in [0.3, 0.4) is 0 Å². The molecule has 0 saturated carbocycles. The molecule has 1 aliphatic heterocycles. The average Bonchev–Trinajstić information content (AvgIpc) is 3.24. The van der Waals surface area contributed by atoms with E-state index in [1.54, 1.807) is 22.2 Å². The lowest BCUT2D eigenvalue weighted by atomic mass is 10.0. The molecule has 23 heavy (non-hydrogen) atoms. The molecule has 7 heteroatoms. The first-order chi connectivity index (χ1) is 11.0. The van der Waals surface area contributed by atoms with E-state index in [4.69, 9.17) is 4.84 Å². The van der Waals surface area contributed by atoms with E-state index >= 15 is 0 Å². The summed E-state index contributed by atoms with van der Waals surface area (Å²) in [6.07, 6.45) is 3.48. The van der Waals surface area contributed by atoms with Gasteiger partial charge in [0.2, 0.25) is 6.10 Å². The number of oxime groups is 1. The minimum atomic E-state index is -0.577. The van der Waals surface area contributed by atoms with Crippen LogP contribution in [0, 0.1) is 5.92 Å². The van der Waals surface area contributed by atoms with Gasteiger partial charge in [0.25, 0.3) is 5.91 Å². The zero-order chi connectivity index (χ0) is 16.4. The summed E-state index contributed by atoms with van der Waals surface area (Å²) in [4.78, 5) is 19.0. The fraction of sp³-hybridized carbons (Fsp3) is 0.438. The Hall–Kier alpha value is -2.15. The number of aryl methyl sites for hydroxylation is 1. The predicted octanol–water partition coefficient (Wildman–Crippen LogP) is 2.49. The van der Waals surface area contributed by atoms with E-state index in [0.717, 1.165) is 16.2 Å². The molecule has 2 aromatic heterocycles. The van der Waals surface area contributed by atoms with E-state index in [2.05, 4.69) is 29.4 Å². The molecule has 0 aromatic carbocycles. The summed E-state index contributed by atoms with van der Waals surface area (Å²) in [6.45, 7) is 4.19. The topological polar surface area (TPSA) is 68.5 Å². The molecule has 0 bridgehead atoms. The standard InChI is InChI=1S/C16H20N4O2S/c1-10(2)15(14-5-4-6-23-14)18-16(21)13-7-12(19-22-13)11-8-17-20(3)9-11/h4-6,8-10,13,15H,7H2,1-3H3,(H,18,21)/t13-,15-/m1/s1. The Morgan fingerprint density at radius 1 is 1.52 bits per heavy atom. The second-order valence-electron chi connectivity index (χ2n) is 5.98. The summed E-state index contributed by atoms with van der Waals surface area (Å²) in [6, 6.07) is 4.04. The van der Waals surface area contributed by atoms with Gasteiger partial charge in [0, 0.05) is 30.1 Å².